The predicted molar refractivity (Wildman–Crippen MR) is 69.6 cm³/mol. The van der Waals surface area contributed by atoms with Crippen molar-refractivity contribution in [3.05, 3.63) is 5.82 Å². The third kappa shape index (κ3) is 4.13. The van der Waals surface area contributed by atoms with Crippen LogP contribution in [-0.2, 0) is 3.79 Å². The molecule has 0 amide bonds. The quantitative estimate of drug-likeness (QED) is 0.683. The summed E-state index contributed by atoms with van der Waals surface area (Å²) in [7, 11) is 0. The standard InChI is InChI=1S/C8H11Cl3N4S/c1-3-4-12-6-13-5(8(9,10)11)14-7(15-6)16-2/h3-4H2,1-2H3,(H,12,13,14,15). The minimum absolute atomic E-state index is 0.135. The van der Waals surface area contributed by atoms with Gasteiger partial charge in [0.15, 0.2) is 11.0 Å². The van der Waals surface area contributed by atoms with E-state index in [1.807, 2.05) is 13.2 Å². The number of hydrogen-bond donors (Lipinski definition) is 1. The van der Waals surface area contributed by atoms with Crippen molar-refractivity contribution >= 4 is 52.5 Å². The van der Waals surface area contributed by atoms with E-state index >= 15 is 0 Å². The highest BCUT2D eigenvalue weighted by molar-refractivity contribution is 7.98. The van der Waals surface area contributed by atoms with Crippen LogP contribution >= 0.6 is 46.6 Å². The lowest BCUT2D eigenvalue weighted by Crippen LogP contribution is -2.13. The van der Waals surface area contributed by atoms with E-state index in [9.17, 15) is 0 Å². The maximum Gasteiger partial charge on any atom is 0.250 e. The van der Waals surface area contributed by atoms with Crippen molar-refractivity contribution in [3.63, 3.8) is 0 Å². The fraction of sp³-hybridized carbons (Fsp3) is 0.625. The number of nitrogens with one attached hydrogen (secondary N) is 1. The van der Waals surface area contributed by atoms with Gasteiger partial charge in [0, 0.05) is 6.54 Å². The van der Waals surface area contributed by atoms with E-state index < -0.39 is 3.79 Å². The molecule has 4 nitrogen and oxygen atoms in total. The molecule has 1 aromatic rings. The van der Waals surface area contributed by atoms with Gasteiger partial charge in [-0.2, -0.15) is 9.97 Å². The maximum atomic E-state index is 5.73. The molecule has 90 valence electrons. The van der Waals surface area contributed by atoms with E-state index in [0.717, 1.165) is 13.0 Å². The normalized spacial score (nSPS) is 11.6. The molecule has 1 heterocycles. The largest absolute Gasteiger partial charge is 0.354 e. The summed E-state index contributed by atoms with van der Waals surface area (Å²) in [6.45, 7) is 2.80. The van der Waals surface area contributed by atoms with E-state index in [0.29, 0.717) is 11.1 Å². The Morgan fingerprint density at radius 2 is 1.94 bits per heavy atom. The summed E-state index contributed by atoms with van der Waals surface area (Å²) >= 11 is 18.6. The van der Waals surface area contributed by atoms with Crippen molar-refractivity contribution < 1.29 is 0 Å². The third-order valence-corrected chi connectivity index (χ3v) is 2.64. The van der Waals surface area contributed by atoms with Crippen molar-refractivity contribution in [1.82, 2.24) is 15.0 Å². The monoisotopic (exact) mass is 300 g/mol. The zero-order valence-corrected chi connectivity index (χ0v) is 11.9. The Kier molecular flexibility index (Phi) is 5.37. The number of rotatable bonds is 4. The van der Waals surface area contributed by atoms with Gasteiger partial charge in [0.05, 0.1) is 0 Å². The Hall–Kier alpha value is 0.0300. The summed E-state index contributed by atoms with van der Waals surface area (Å²) in [6.07, 6.45) is 2.81. The van der Waals surface area contributed by atoms with E-state index in [1.165, 1.54) is 11.8 Å². The number of thioether (sulfide) groups is 1. The molecule has 0 aliphatic carbocycles. The Morgan fingerprint density at radius 3 is 2.44 bits per heavy atom. The van der Waals surface area contributed by atoms with Crippen LogP contribution in [0.5, 0.6) is 0 Å². The molecule has 1 N–H and O–H groups in total. The van der Waals surface area contributed by atoms with Gasteiger partial charge in [-0.1, -0.05) is 53.5 Å². The second-order valence-corrected chi connectivity index (χ2v) is 5.95. The first-order chi connectivity index (χ1) is 7.47. The molecule has 0 saturated carbocycles. The van der Waals surface area contributed by atoms with Crippen LogP contribution in [0.25, 0.3) is 0 Å². The highest BCUT2D eigenvalue weighted by Gasteiger charge is 2.28. The van der Waals surface area contributed by atoms with Gasteiger partial charge in [-0.05, 0) is 12.7 Å². The molecule has 0 radical (unpaired) electrons. The van der Waals surface area contributed by atoms with Gasteiger partial charge in [0.1, 0.15) is 0 Å². The molecule has 0 bridgehead atoms. The molecule has 8 heteroatoms. The summed E-state index contributed by atoms with van der Waals surface area (Å²) in [6, 6.07) is 0. The second-order valence-electron chi connectivity index (χ2n) is 2.89. The van der Waals surface area contributed by atoms with Gasteiger partial charge in [0.25, 0.3) is 0 Å². The smallest absolute Gasteiger partial charge is 0.250 e. The molecule has 0 atom stereocenters. The fourth-order valence-electron chi connectivity index (χ4n) is 0.890. The molecule has 0 spiro atoms. The third-order valence-electron chi connectivity index (χ3n) is 1.58. The highest BCUT2D eigenvalue weighted by Crippen LogP contribution is 2.36. The van der Waals surface area contributed by atoms with Crippen LogP contribution in [0.15, 0.2) is 5.16 Å². The Labute approximate surface area is 113 Å². The van der Waals surface area contributed by atoms with Gasteiger partial charge in [-0.15, -0.1) is 0 Å². The molecule has 1 aromatic heterocycles. The van der Waals surface area contributed by atoms with Crippen molar-refractivity contribution in [2.75, 3.05) is 18.1 Å². The first kappa shape index (κ1) is 14.1. The van der Waals surface area contributed by atoms with E-state index in [-0.39, 0.29) is 5.82 Å². The Balaban J connectivity index is 3.01. The zero-order valence-electron chi connectivity index (χ0n) is 8.80. The molecule has 0 aliphatic heterocycles. The SMILES string of the molecule is CCCNc1nc(SC)nc(C(Cl)(Cl)Cl)n1. The van der Waals surface area contributed by atoms with Gasteiger partial charge >= 0.3 is 0 Å². The maximum absolute atomic E-state index is 5.73. The summed E-state index contributed by atoms with van der Waals surface area (Å²) in [4.78, 5) is 12.2. The predicted octanol–water partition coefficient (Wildman–Crippen LogP) is 3.24. The first-order valence-electron chi connectivity index (χ1n) is 4.58. The van der Waals surface area contributed by atoms with Crippen LogP contribution in [-0.4, -0.2) is 27.8 Å². The van der Waals surface area contributed by atoms with E-state index in [4.69, 9.17) is 34.8 Å². The number of halogens is 3. The lowest BCUT2D eigenvalue weighted by molar-refractivity contribution is 0.818. The van der Waals surface area contributed by atoms with Gasteiger partial charge < -0.3 is 5.32 Å². The Morgan fingerprint density at radius 1 is 1.25 bits per heavy atom. The van der Waals surface area contributed by atoms with Crippen molar-refractivity contribution in [2.24, 2.45) is 0 Å². The summed E-state index contributed by atoms with van der Waals surface area (Å²) in [5.41, 5.74) is 0. The number of aromatic nitrogens is 3. The molecule has 16 heavy (non-hydrogen) atoms. The molecular weight excluding hydrogens is 291 g/mol. The van der Waals surface area contributed by atoms with Crippen molar-refractivity contribution in [2.45, 2.75) is 22.3 Å². The van der Waals surface area contributed by atoms with Gasteiger partial charge in [-0.3, -0.25) is 0 Å². The minimum atomic E-state index is -1.63. The summed E-state index contributed by atoms with van der Waals surface area (Å²) < 4.78 is -1.63. The average molecular weight is 302 g/mol. The lowest BCUT2D eigenvalue weighted by atomic mass is 10.5. The van der Waals surface area contributed by atoms with Crippen LogP contribution in [0.4, 0.5) is 5.95 Å². The average Bonchev–Trinajstić information content (AvgIpc) is 2.24. The summed E-state index contributed by atoms with van der Waals surface area (Å²) in [5.74, 6) is 0.568. The molecule has 1 rings (SSSR count). The van der Waals surface area contributed by atoms with Gasteiger partial charge in [-0.25, -0.2) is 4.98 Å². The topological polar surface area (TPSA) is 50.7 Å². The highest BCUT2D eigenvalue weighted by atomic mass is 35.6. The van der Waals surface area contributed by atoms with Gasteiger partial charge in [0.2, 0.25) is 9.74 Å². The van der Waals surface area contributed by atoms with Crippen LogP contribution in [0.2, 0.25) is 0 Å². The van der Waals surface area contributed by atoms with Crippen LogP contribution < -0.4 is 5.32 Å². The van der Waals surface area contributed by atoms with Crippen molar-refractivity contribution in [3.8, 4) is 0 Å². The fourth-order valence-corrected chi connectivity index (χ4v) is 1.50. The molecule has 0 aliphatic rings. The van der Waals surface area contributed by atoms with Crippen LogP contribution in [0.3, 0.4) is 0 Å². The minimum Gasteiger partial charge on any atom is -0.354 e. The van der Waals surface area contributed by atoms with Crippen LogP contribution in [0, 0.1) is 0 Å². The number of nitrogens with zero attached hydrogens (tertiary/aromatic N) is 3. The molecule has 0 unspecified atom stereocenters. The van der Waals surface area contributed by atoms with E-state index in [2.05, 4.69) is 20.3 Å². The summed E-state index contributed by atoms with van der Waals surface area (Å²) in [5, 5.41) is 3.55. The van der Waals surface area contributed by atoms with Crippen LogP contribution in [0.1, 0.15) is 19.2 Å². The molecule has 0 fully saturated rings. The molecule has 0 aromatic carbocycles. The lowest BCUT2D eigenvalue weighted by Gasteiger charge is -2.11. The Bertz CT molecular complexity index is 356. The first-order valence-corrected chi connectivity index (χ1v) is 6.94. The number of anilines is 1. The number of hydrogen-bond acceptors (Lipinski definition) is 5. The molecule has 0 saturated heterocycles. The second kappa shape index (κ2) is 6.10. The van der Waals surface area contributed by atoms with Crippen molar-refractivity contribution in [1.29, 1.82) is 0 Å². The number of alkyl halides is 3. The molecular formula is C8H11Cl3N4S. The van der Waals surface area contributed by atoms with E-state index in [1.54, 1.807) is 0 Å². The zero-order chi connectivity index (χ0) is 12.2.